The minimum absolute atomic E-state index is 0.165. The number of hydrogen-bond donors (Lipinski definition) is 2. The lowest BCUT2D eigenvalue weighted by molar-refractivity contribution is 0.0701. The van der Waals surface area contributed by atoms with Crippen molar-refractivity contribution in [2.75, 3.05) is 0 Å². The smallest absolute Gasteiger partial charge is 0.347 e. The van der Waals surface area contributed by atoms with Crippen molar-refractivity contribution in [3.05, 3.63) is 51.3 Å². The Morgan fingerprint density at radius 1 is 1.38 bits per heavy atom. The van der Waals surface area contributed by atoms with E-state index in [0.29, 0.717) is 20.4 Å². The number of nitrogens with one attached hydrogen (secondary N) is 1. The third kappa shape index (κ3) is 2.70. The van der Waals surface area contributed by atoms with Gasteiger partial charge in [0, 0.05) is 5.39 Å². The first-order valence-corrected chi connectivity index (χ1v) is 7.68. The molecule has 3 rings (SSSR count). The normalized spacial score (nSPS) is 10.9. The number of aromatic amines is 1. The summed E-state index contributed by atoms with van der Waals surface area (Å²) in [6, 6.07) is 9.17. The Morgan fingerprint density at radius 2 is 2.14 bits per heavy atom. The van der Waals surface area contributed by atoms with Gasteiger partial charge in [0.1, 0.15) is 4.88 Å². The molecular weight excluding hydrogens is 308 g/mol. The number of hydrogen-bond acceptors (Lipinski definition) is 5. The van der Waals surface area contributed by atoms with Gasteiger partial charge in [-0.25, -0.2) is 9.78 Å². The van der Waals surface area contributed by atoms with Crippen LogP contribution in [-0.4, -0.2) is 21.0 Å². The fraction of sp³-hybridized carbons (Fsp3) is 0.0714. The van der Waals surface area contributed by atoms with E-state index in [0.717, 1.165) is 16.7 Å². The van der Waals surface area contributed by atoms with E-state index in [1.54, 1.807) is 13.0 Å². The predicted molar refractivity (Wildman–Crippen MR) is 82.5 cm³/mol. The summed E-state index contributed by atoms with van der Waals surface area (Å²) in [4.78, 5) is 30.2. The number of aromatic nitrogens is 2. The van der Waals surface area contributed by atoms with Gasteiger partial charge < -0.3 is 10.1 Å². The van der Waals surface area contributed by atoms with Gasteiger partial charge in [-0.05, 0) is 36.2 Å². The lowest BCUT2D eigenvalue weighted by Crippen LogP contribution is -2.06. The summed E-state index contributed by atoms with van der Waals surface area (Å²) in [6.07, 6.45) is 0. The van der Waals surface area contributed by atoms with Crippen LogP contribution < -0.4 is 5.56 Å². The van der Waals surface area contributed by atoms with Crippen LogP contribution >= 0.6 is 23.1 Å². The van der Waals surface area contributed by atoms with Crippen molar-refractivity contribution in [3.63, 3.8) is 0 Å². The van der Waals surface area contributed by atoms with Crippen LogP contribution in [0.25, 0.3) is 10.8 Å². The molecule has 106 valence electrons. The Hall–Kier alpha value is -2.12. The molecule has 7 heteroatoms. The van der Waals surface area contributed by atoms with Gasteiger partial charge in [0.15, 0.2) is 4.34 Å². The summed E-state index contributed by atoms with van der Waals surface area (Å²) < 4.78 is 0.593. The maximum atomic E-state index is 12.0. The van der Waals surface area contributed by atoms with Gasteiger partial charge in [0.2, 0.25) is 0 Å². The van der Waals surface area contributed by atoms with Gasteiger partial charge in [-0.3, -0.25) is 4.79 Å². The number of benzene rings is 1. The predicted octanol–water partition coefficient (Wildman–Crippen LogP) is 3.14. The monoisotopic (exact) mass is 318 g/mol. The number of carboxylic acid groups (broad SMARTS) is 1. The molecule has 0 radical (unpaired) electrons. The van der Waals surface area contributed by atoms with Crippen molar-refractivity contribution in [3.8, 4) is 0 Å². The highest BCUT2D eigenvalue weighted by Crippen LogP contribution is 2.32. The van der Waals surface area contributed by atoms with Crippen molar-refractivity contribution in [2.24, 2.45) is 0 Å². The van der Waals surface area contributed by atoms with E-state index in [1.165, 1.54) is 11.8 Å². The zero-order valence-corrected chi connectivity index (χ0v) is 12.5. The van der Waals surface area contributed by atoms with E-state index >= 15 is 0 Å². The van der Waals surface area contributed by atoms with Gasteiger partial charge in [0.05, 0.1) is 10.7 Å². The van der Waals surface area contributed by atoms with Crippen LogP contribution in [0.4, 0.5) is 0 Å². The standard InChI is InChI=1S/C14H10N2O3S2/c1-7-11(13(18)19)21-14(15-7)20-10-6-8-4-2-3-5-9(8)12(17)16-10/h2-6H,1H3,(H,16,17)(H,18,19). The van der Waals surface area contributed by atoms with Crippen molar-refractivity contribution in [1.29, 1.82) is 0 Å². The Kier molecular flexibility index (Phi) is 3.52. The average molecular weight is 318 g/mol. The molecule has 0 saturated heterocycles. The topological polar surface area (TPSA) is 83.0 Å². The molecule has 2 heterocycles. The van der Waals surface area contributed by atoms with E-state index in [9.17, 15) is 9.59 Å². The molecule has 3 aromatic rings. The van der Waals surface area contributed by atoms with E-state index < -0.39 is 5.97 Å². The lowest BCUT2D eigenvalue weighted by atomic mass is 10.2. The van der Waals surface area contributed by atoms with E-state index in [4.69, 9.17) is 5.11 Å². The number of carboxylic acids is 1. The number of H-pyrrole nitrogens is 1. The molecule has 2 aromatic heterocycles. The van der Waals surface area contributed by atoms with Gasteiger partial charge in [-0.15, -0.1) is 0 Å². The minimum Gasteiger partial charge on any atom is -0.477 e. The largest absolute Gasteiger partial charge is 0.477 e. The molecule has 0 unspecified atom stereocenters. The summed E-state index contributed by atoms with van der Waals surface area (Å²) in [6.45, 7) is 1.66. The lowest BCUT2D eigenvalue weighted by Gasteiger charge is -2.01. The van der Waals surface area contributed by atoms with Crippen LogP contribution in [0.2, 0.25) is 0 Å². The third-order valence-corrected chi connectivity index (χ3v) is 5.04. The molecule has 2 N–H and O–H groups in total. The summed E-state index contributed by atoms with van der Waals surface area (Å²) in [5.74, 6) is -0.983. The fourth-order valence-corrected chi connectivity index (χ4v) is 3.97. The van der Waals surface area contributed by atoms with Crippen LogP contribution in [0, 0.1) is 6.92 Å². The second kappa shape index (κ2) is 5.34. The highest BCUT2D eigenvalue weighted by molar-refractivity contribution is 8.01. The Bertz CT molecular complexity index is 899. The maximum absolute atomic E-state index is 12.0. The van der Waals surface area contributed by atoms with Crippen LogP contribution in [0.5, 0.6) is 0 Å². The Morgan fingerprint density at radius 3 is 2.86 bits per heavy atom. The molecule has 0 fully saturated rings. The SMILES string of the molecule is Cc1nc(Sc2cc3ccccc3c(=O)[nH]2)sc1C(=O)O. The summed E-state index contributed by atoms with van der Waals surface area (Å²) in [5, 5.41) is 11.1. The summed E-state index contributed by atoms with van der Waals surface area (Å²) >= 11 is 2.36. The van der Waals surface area contributed by atoms with Crippen LogP contribution in [0.15, 0.2) is 44.5 Å². The first-order valence-electron chi connectivity index (χ1n) is 6.05. The molecular formula is C14H10N2O3S2. The number of fused-ring (bicyclic) bond motifs is 1. The first-order chi connectivity index (χ1) is 10.0. The third-order valence-electron chi connectivity index (χ3n) is 2.90. The van der Waals surface area contributed by atoms with Gasteiger partial charge in [0.25, 0.3) is 5.56 Å². The molecule has 0 aliphatic heterocycles. The number of carbonyl (C=O) groups is 1. The van der Waals surface area contributed by atoms with Gasteiger partial charge in [-0.2, -0.15) is 0 Å². The number of aryl methyl sites for hydroxylation is 1. The Balaban J connectivity index is 2.00. The molecule has 5 nitrogen and oxygen atoms in total. The summed E-state index contributed by atoms with van der Waals surface area (Å²) in [7, 11) is 0. The highest BCUT2D eigenvalue weighted by atomic mass is 32.2. The molecule has 1 aromatic carbocycles. The van der Waals surface area contributed by atoms with Gasteiger partial charge in [-0.1, -0.05) is 29.5 Å². The van der Waals surface area contributed by atoms with E-state index in [2.05, 4.69) is 9.97 Å². The van der Waals surface area contributed by atoms with Crippen LogP contribution in [0.3, 0.4) is 0 Å². The number of aromatic carboxylic acids is 1. The molecule has 0 bridgehead atoms. The first kappa shape index (κ1) is 13.8. The van der Waals surface area contributed by atoms with Gasteiger partial charge >= 0.3 is 5.97 Å². The molecule has 0 aliphatic rings. The zero-order chi connectivity index (χ0) is 15.0. The average Bonchev–Trinajstić information content (AvgIpc) is 2.80. The maximum Gasteiger partial charge on any atom is 0.347 e. The second-order valence-electron chi connectivity index (χ2n) is 4.35. The van der Waals surface area contributed by atoms with Crippen LogP contribution in [-0.2, 0) is 0 Å². The van der Waals surface area contributed by atoms with Crippen molar-refractivity contribution < 1.29 is 9.90 Å². The molecule has 21 heavy (non-hydrogen) atoms. The number of nitrogens with zero attached hydrogens (tertiary/aromatic N) is 1. The molecule has 0 spiro atoms. The van der Waals surface area contributed by atoms with Crippen molar-refractivity contribution >= 4 is 39.8 Å². The second-order valence-corrected chi connectivity index (χ2v) is 6.64. The van der Waals surface area contributed by atoms with Crippen LogP contribution in [0.1, 0.15) is 15.4 Å². The minimum atomic E-state index is -0.983. The molecule has 0 saturated carbocycles. The highest BCUT2D eigenvalue weighted by Gasteiger charge is 2.15. The fourth-order valence-electron chi connectivity index (χ4n) is 1.95. The summed E-state index contributed by atoms with van der Waals surface area (Å²) in [5.41, 5.74) is 0.320. The van der Waals surface area contributed by atoms with E-state index in [1.807, 2.05) is 24.3 Å². The van der Waals surface area contributed by atoms with Crippen molar-refractivity contribution in [2.45, 2.75) is 16.3 Å². The number of rotatable bonds is 3. The molecule has 0 amide bonds. The Labute approximate surface area is 127 Å². The number of pyridine rings is 1. The number of thiazole rings is 1. The zero-order valence-electron chi connectivity index (χ0n) is 10.9. The molecule has 0 atom stereocenters. The quantitative estimate of drug-likeness (QED) is 0.775. The van der Waals surface area contributed by atoms with Crippen molar-refractivity contribution in [1.82, 2.24) is 9.97 Å². The molecule has 0 aliphatic carbocycles. The van der Waals surface area contributed by atoms with E-state index in [-0.39, 0.29) is 10.4 Å².